The largest absolute Gasteiger partial charge is 0.490 e. The molecule has 0 spiro atoms. The summed E-state index contributed by atoms with van der Waals surface area (Å²) in [6.07, 6.45) is 4.40. The third-order valence-electron chi connectivity index (χ3n) is 6.32. The molecule has 1 aromatic heterocycles. The van der Waals surface area contributed by atoms with E-state index in [1.807, 2.05) is 6.08 Å². The highest BCUT2D eigenvalue weighted by Crippen LogP contribution is 2.37. The van der Waals surface area contributed by atoms with Crippen molar-refractivity contribution in [3.05, 3.63) is 45.5 Å². The zero-order valence-corrected chi connectivity index (χ0v) is 26.4. The number of rotatable bonds is 10. The summed E-state index contributed by atoms with van der Waals surface area (Å²) in [6.45, 7) is 19.3. The topological polar surface area (TPSA) is 93.4 Å². The first kappa shape index (κ1) is 31.6. The summed E-state index contributed by atoms with van der Waals surface area (Å²) in [7, 11) is -2.17. The van der Waals surface area contributed by atoms with Crippen molar-refractivity contribution in [2.75, 3.05) is 26.9 Å². The predicted molar refractivity (Wildman–Crippen MR) is 153 cm³/mol. The second-order valence-corrected chi connectivity index (χ2v) is 21.3. The Balaban J connectivity index is 2.36. The van der Waals surface area contributed by atoms with Gasteiger partial charge in [-0.2, -0.15) is 0 Å². The van der Waals surface area contributed by atoms with Gasteiger partial charge in [-0.25, -0.2) is 9.59 Å². The Kier molecular flexibility index (Phi) is 10.8. The van der Waals surface area contributed by atoms with E-state index in [-0.39, 0.29) is 48.7 Å². The number of carbonyl (C=O) groups is 1. The molecule has 8 nitrogen and oxygen atoms in total. The summed E-state index contributed by atoms with van der Waals surface area (Å²) >= 11 is 0. The maximum Gasteiger partial charge on any atom is 0.345 e. The van der Waals surface area contributed by atoms with Gasteiger partial charge in [0.25, 0.3) is 0 Å². The summed E-state index contributed by atoms with van der Waals surface area (Å²) in [4.78, 5) is 24.3. The normalized spacial score (nSPS) is 16.1. The van der Waals surface area contributed by atoms with Crippen LogP contribution >= 0.6 is 0 Å². The molecule has 1 atom stereocenters. The highest BCUT2D eigenvalue weighted by molar-refractivity contribution is 6.83. The van der Waals surface area contributed by atoms with Crippen LogP contribution in [-0.4, -0.2) is 55.4 Å². The Labute approximate surface area is 228 Å². The minimum absolute atomic E-state index is 0.00825. The number of methoxy groups -OCH3 is 1. The third kappa shape index (κ3) is 9.31. The fourth-order valence-corrected chi connectivity index (χ4v) is 4.79. The molecule has 1 aliphatic heterocycles. The zero-order valence-electron chi connectivity index (χ0n) is 24.4. The standard InChI is InChI=1S/C28H42O8Si2/c1-20-25(31-5)26(32-14-11-15-37(6,7)8)23(27(30)36-20)19-33-22(16-21-12-13-24(29)34-17-21)18-35-38(9,10)28(2,3)4/h12-13,16,22H,14,17-19H2,1-10H3/b21-16-. The number of esters is 1. The van der Waals surface area contributed by atoms with Gasteiger partial charge in [0.1, 0.15) is 26.9 Å². The maximum atomic E-state index is 12.9. The number of ether oxygens (including phenoxy) is 4. The minimum atomic E-state index is -2.08. The fraction of sp³-hybridized carbons (Fsp3) is 0.571. The van der Waals surface area contributed by atoms with Gasteiger partial charge in [0, 0.05) is 6.08 Å². The second kappa shape index (κ2) is 13.0. The summed E-state index contributed by atoms with van der Waals surface area (Å²) < 4.78 is 34.6. The molecule has 0 N–H and O–H groups in total. The van der Waals surface area contributed by atoms with E-state index in [0.717, 1.165) is 5.57 Å². The number of carbonyl (C=O) groups excluding carboxylic acids is 1. The molecule has 38 heavy (non-hydrogen) atoms. The third-order valence-corrected chi connectivity index (χ3v) is 11.7. The van der Waals surface area contributed by atoms with Gasteiger partial charge in [-0.05, 0) is 42.8 Å². The molecule has 210 valence electrons. The molecule has 0 fully saturated rings. The highest BCUT2D eigenvalue weighted by atomic mass is 28.4. The van der Waals surface area contributed by atoms with E-state index in [0.29, 0.717) is 11.5 Å². The average Bonchev–Trinajstić information content (AvgIpc) is 2.79. The molecule has 0 amide bonds. The smallest absolute Gasteiger partial charge is 0.345 e. The molecule has 1 unspecified atom stereocenters. The molecule has 0 radical (unpaired) electrons. The first-order chi connectivity index (χ1) is 17.5. The summed E-state index contributed by atoms with van der Waals surface area (Å²) in [6, 6.07) is 0. The Morgan fingerprint density at radius 1 is 1.11 bits per heavy atom. The first-order valence-corrected chi connectivity index (χ1v) is 19.1. The average molecular weight is 563 g/mol. The molecule has 10 heteroatoms. The van der Waals surface area contributed by atoms with Crippen molar-refractivity contribution in [2.24, 2.45) is 0 Å². The second-order valence-electron chi connectivity index (χ2n) is 11.7. The van der Waals surface area contributed by atoms with Gasteiger partial charge in [-0.15, -0.1) is 5.54 Å². The summed E-state index contributed by atoms with van der Waals surface area (Å²) in [5, 5.41) is 0.00825. The van der Waals surface area contributed by atoms with Crippen LogP contribution in [-0.2, 0) is 25.3 Å². The number of cyclic esters (lactones) is 1. The lowest BCUT2D eigenvalue weighted by Gasteiger charge is -2.37. The fourth-order valence-electron chi connectivity index (χ4n) is 3.17. The van der Waals surface area contributed by atoms with E-state index in [9.17, 15) is 9.59 Å². The van der Waals surface area contributed by atoms with E-state index < -0.39 is 28.1 Å². The molecular weight excluding hydrogens is 520 g/mol. The van der Waals surface area contributed by atoms with Crippen LogP contribution in [0.5, 0.6) is 11.5 Å². The first-order valence-electron chi connectivity index (χ1n) is 12.7. The molecule has 1 aromatic rings. The van der Waals surface area contributed by atoms with Crippen molar-refractivity contribution < 1.29 is 32.6 Å². The molecule has 0 saturated carbocycles. The quantitative estimate of drug-likeness (QED) is 0.219. The van der Waals surface area contributed by atoms with Crippen LogP contribution in [0.2, 0.25) is 37.8 Å². The number of aryl methyl sites for hydroxylation is 1. The highest BCUT2D eigenvalue weighted by Gasteiger charge is 2.37. The predicted octanol–water partition coefficient (Wildman–Crippen LogP) is 5.16. The Morgan fingerprint density at radius 3 is 2.34 bits per heavy atom. The molecule has 2 rings (SSSR count). The van der Waals surface area contributed by atoms with E-state index in [4.69, 9.17) is 27.8 Å². The Hall–Kier alpha value is -2.59. The molecular formula is C28H42O8Si2. The van der Waals surface area contributed by atoms with Gasteiger partial charge in [0.15, 0.2) is 25.6 Å². The number of hydrogen-bond acceptors (Lipinski definition) is 8. The van der Waals surface area contributed by atoms with Crippen molar-refractivity contribution >= 4 is 22.4 Å². The SMILES string of the molecule is COc1c(C)oc(=O)c(COC(/C=C2/C=CC(=O)OC2)CO[Si](C)(C)C(C)(C)C)c1OCC#C[Si](C)(C)C. The van der Waals surface area contributed by atoms with Gasteiger partial charge in [0.2, 0.25) is 0 Å². The van der Waals surface area contributed by atoms with Gasteiger partial charge in [-0.3, -0.25) is 0 Å². The molecule has 0 aliphatic carbocycles. The molecule has 2 heterocycles. The van der Waals surface area contributed by atoms with Crippen LogP contribution in [0.15, 0.2) is 33.0 Å². The van der Waals surface area contributed by atoms with Crippen LogP contribution in [0.4, 0.5) is 0 Å². The van der Waals surface area contributed by atoms with Crippen LogP contribution < -0.4 is 15.1 Å². The molecule has 1 aliphatic rings. The Morgan fingerprint density at radius 2 is 1.79 bits per heavy atom. The lowest BCUT2D eigenvalue weighted by atomic mass is 10.1. The molecule has 0 aromatic carbocycles. The van der Waals surface area contributed by atoms with Crippen molar-refractivity contribution in [3.63, 3.8) is 0 Å². The molecule has 0 bridgehead atoms. The lowest BCUT2D eigenvalue weighted by Crippen LogP contribution is -2.42. The minimum Gasteiger partial charge on any atom is -0.490 e. The summed E-state index contributed by atoms with van der Waals surface area (Å²) in [5.74, 6) is 3.56. The number of hydrogen-bond donors (Lipinski definition) is 0. The Bertz CT molecular complexity index is 1170. The van der Waals surface area contributed by atoms with E-state index in [2.05, 4.69) is 65.0 Å². The monoisotopic (exact) mass is 562 g/mol. The van der Waals surface area contributed by atoms with Crippen LogP contribution in [0.25, 0.3) is 0 Å². The van der Waals surface area contributed by atoms with Crippen molar-refractivity contribution in [2.45, 2.75) is 78.2 Å². The summed E-state index contributed by atoms with van der Waals surface area (Å²) in [5.41, 5.74) is 3.65. The van der Waals surface area contributed by atoms with Crippen molar-refractivity contribution in [3.8, 4) is 23.0 Å². The van der Waals surface area contributed by atoms with E-state index >= 15 is 0 Å². The van der Waals surface area contributed by atoms with E-state index in [1.54, 1.807) is 13.0 Å². The van der Waals surface area contributed by atoms with Crippen LogP contribution in [0.3, 0.4) is 0 Å². The van der Waals surface area contributed by atoms with Crippen LogP contribution in [0, 0.1) is 18.4 Å². The van der Waals surface area contributed by atoms with E-state index in [1.165, 1.54) is 13.2 Å². The van der Waals surface area contributed by atoms with Gasteiger partial charge in [0.05, 0.1) is 26.4 Å². The van der Waals surface area contributed by atoms with Crippen molar-refractivity contribution in [1.82, 2.24) is 0 Å². The van der Waals surface area contributed by atoms with Gasteiger partial charge < -0.3 is 27.8 Å². The molecule has 0 saturated heterocycles. The lowest BCUT2D eigenvalue weighted by molar-refractivity contribution is -0.137. The zero-order chi connectivity index (χ0) is 28.7. The maximum absolute atomic E-state index is 12.9. The van der Waals surface area contributed by atoms with Gasteiger partial charge in [-0.1, -0.05) is 46.3 Å². The van der Waals surface area contributed by atoms with Crippen LogP contribution in [0.1, 0.15) is 32.1 Å². The van der Waals surface area contributed by atoms with Crippen molar-refractivity contribution in [1.29, 1.82) is 0 Å². The van der Waals surface area contributed by atoms with Gasteiger partial charge >= 0.3 is 11.6 Å².